The highest BCUT2D eigenvalue weighted by molar-refractivity contribution is 6.39. The van der Waals surface area contributed by atoms with Gasteiger partial charge in [-0.3, -0.25) is 25.0 Å². The Morgan fingerprint density at radius 2 is 1.83 bits per heavy atom. The number of carbonyl (C=O) groups is 3. The van der Waals surface area contributed by atoms with Crippen LogP contribution >= 0.6 is 11.6 Å². The number of methoxy groups -OCH3 is 1. The van der Waals surface area contributed by atoms with Crippen molar-refractivity contribution in [2.75, 3.05) is 12.0 Å². The van der Waals surface area contributed by atoms with Crippen molar-refractivity contribution in [2.45, 2.75) is 13.8 Å². The van der Waals surface area contributed by atoms with Crippen LogP contribution in [-0.2, 0) is 9.59 Å². The van der Waals surface area contributed by atoms with E-state index in [0.717, 1.165) is 4.90 Å². The van der Waals surface area contributed by atoms with Crippen LogP contribution in [0.1, 0.15) is 17.0 Å². The standard InChI is InChI=1S/C24H19ClN4O6/c1-13-9-15(14(2)27(13)20-8-7-18(35-3)12-21(20)29(33)34)10-19-22(30)26-24(32)28(23(19)31)17-6-4-5-16(25)11-17/h4-12H,1-3H3,(H,26,30,32)/b19-10+. The number of hydrogen-bond donors (Lipinski definition) is 1. The summed E-state index contributed by atoms with van der Waals surface area (Å²) in [7, 11) is 1.42. The molecule has 0 saturated carbocycles. The molecule has 1 fully saturated rings. The lowest BCUT2D eigenvalue weighted by Crippen LogP contribution is -2.54. The molecule has 1 aromatic heterocycles. The molecule has 3 aromatic rings. The molecule has 1 aliphatic heterocycles. The first-order chi connectivity index (χ1) is 16.6. The van der Waals surface area contributed by atoms with Gasteiger partial charge < -0.3 is 9.30 Å². The normalized spacial score (nSPS) is 14.9. The second-order valence-electron chi connectivity index (χ2n) is 7.71. The summed E-state index contributed by atoms with van der Waals surface area (Å²) >= 11 is 6.00. The van der Waals surface area contributed by atoms with Crippen LogP contribution in [-0.4, -0.2) is 34.4 Å². The molecule has 0 bridgehead atoms. The van der Waals surface area contributed by atoms with Gasteiger partial charge in [0.1, 0.15) is 17.0 Å². The Morgan fingerprint density at radius 3 is 2.49 bits per heavy atom. The Labute approximate surface area is 204 Å². The average Bonchev–Trinajstić information content (AvgIpc) is 3.08. The number of carbonyl (C=O) groups excluding carboxylic acids is 3. The lowest BCUT2D eigenvalue weighted by Gasteiger charge is -2.26. The first-order valence-corrected chi connectivity index (χ1v) is 10.7. The molecule has 0 atom stereocenters. The SMILES string of the molecule is COc1ccc(-n2c(C)cc(/C=C3\C(=O)NC(=O)N(c4cccc(Cl)c4)C3=O)c2C)c([N+](=O)[O-])c1. The fourth-order valence-electron chi connectivity index (χ4n) is 3.93. The molecule has 0 radical (unpaired) electrons. The second kappa shape index (κ2) is 9.07. The number of ether oxygens (including phenoxy) is 1. The van der Waals surface area contributed by atoms with Crippen molar-refractivity contribution in [1.82, 2.24) is 9.88 Å². The van der Waals surface area contributed by atoms with Crippen LogP contribution in [0.15, 0.2) is 54.1 Å². The van der Waals surface area contributed by atoms with E-state index in [1.165, 1.54) is 31.4 Å². The lowest BCUT2D eigenvalue weighted by molar-refractivity contribution is -0.384. The number of nitrogens with one attached hydrogen (secondary N) is 1. The van der Waals surface area contributed by atoms with Crippen LogP contribution in [0.5, 0.6) is 5.75 Å². The number of benzene rings is 2. The number of hydrogen-bond acceptors (Lipinski definition) is 6. The van der Waals surface area contributed by atoms with E-state index in [9.17, 15) is 24.5 Å². The van der Waals surface area contributed by atoms with E-state index in [-0.39, 0.29) is 16.9 Å². The van der Waals surface area contributed by atoms with Gasteiger partial charge in [-0.25, -0.2) is 9.69 Å². The molecule has 11 heteroatoms. The summed E-state index contributed by atoms with van der Waals surface area (Å²) in [5.41, 5.74) is 1.72. The number of barbiturate groups is 1. The van der Waals surface area contributed by atoms with E-state index in [0.29, 0.717) is 33.4 Å². The third kappa shape index (κ3) is 4.26. The van der Waals surface area contributed by atoms with Gasteiger partial charge in [-0.15, -0.1) is 0 Å². The molecular weight excluding hydrogens is 476 g/mol. The zero-order valence-corrected chi connectivity index (χ0v) is 19.6. The van der Waals surface area contributed by atoms with Crippen LogP contribution < -0.4 is 15.0 Å². The Morgan fingerprint density at radius 1 is 1.09 bits per heavy atom. The van der Waals surface area contributed by atoms with E-state index >= 15 is 0 Å². The van der Waals surface area contributed by atoms with E-state index in [4.69, 9.17) is 16.3 Å². The number of aryl methyl sites for hydroxylation is 1. The van der Waals surface area contributed by atoms with E-state index in [2.05, 4.69) is 5.32 Å². The predicted octanol–water partition coefficient (Wildman–Crippen LogP) is 4.33. The first-order valence-electron chi connectivity index (χ1n) is 10.3. The minimum absolute atomic E-state index is 0.172. The van der Waals surface area contributed by atoms with Crippen LogP contribution in [0.2, 0.25) is 5.02 Å². The molecule has 1 saturated heterocycles. The molecular formula is C24H19ClN4O6. The molecule has 178 valence electrons. The van der Waals surface area contributed by atoms with E-state index in [1.54, 1.807) is 48.7 Å². The molecule has 1 N–H and O–H groups in total. The largest absolute Gasteiger partial charge is 0.496 e. The van der Waals surface area contributed by atoms with Crippen molar-refractivity contribution in [3.05, 3.63) is 86.2 Å². The van der Waals surface area contributed by atoms with Crippen LogP contribution in [0.4, 0.5) is 16.2 Å². The van der Waals surface area contributed by atoms with Crippen LogP contribution in [0.3, 0.4) is 0 Å². The van der Waals surface area contributed by atoms with Gasteiger partial charge in [0.05, 0.1) is 23.8 Å². The minimum atomic E-state index is -0.890. The second-order valence-corrected chi connectivity index (χ2v) is 8.15. The van der Waals surface area contributed by atoms with Crippen molar-refractivity contribution in [3.63, 3.8) is 0 Å². The summed E-state index contributed by atoms with van der Waals surface area (Å²) in [6.07, 6.45) is 1.36. The monoisotopic (exact) mass is 494 g/mol. The summed E-state index contributed by atoms with van der Waals surface area (Å²) in [5.74, 6) is -1.33. The summed E-state index contributed by atoms with van der Waals surface area (Å²) in [6.45, 7) is 3.45. The zero-order chi connectivity index (χ0) is 25.4. The van der Waals surface area contributed by atoms with Gasteiger partial charge in [0.2, 0.25) is 0 Å². The van der Waals surface area contributed by atoms with Gasteiger partial charge >= 0.3 is 6.03 Å². The quantitative estimate of drug-likeness (QED) is 0.243. The van der Waals surface area contributed by atoms with Gasteiger partial charge in [0, 0.05) is 16.4 Å². The van der Waals surface area contributed by atoms with Gasteiger partial charge in [0.25, 0.3) is 17.5 Å². The number of halogens is 1. The minimum Gasteiger partial charge on any atom is -0.496 e. The molecule has 2 aromatic carbocycles. The molecule has 0 spiro atoms. The maximum absolute atomic E-state index is 13.2. The van der Waals surface area contributed by atoms with Crippen LogP contribution in [0, 0.1) is 24.0 Å². The molecule has 4 amide bonds. The first kappa shape index (κ1) is 23.7. The molecule has 2 heterocycles. The predicted molar refractivity (Wildman–Crippen MR) is 129 cm³/mol. The lowest BCUT2D eigenvalue weighted by atomic mass is 10.1. The van der Waals surface area contributed by atoms with E-state index in [1.807, 2.05) is 0 Å². The number of amides is 4. The summed E-state index contributed by atoms with van der Waals surface area (Å²) in [5, 5.41) is 14.2. The van der Waals surface area contributed by atoms with Gasteiger partial charge in [-0.2, -0.15) is 0 Å². The van der Waals surface area contributed by atoms with Crippen molar-refractivity contribution < 1.29 is 24.0 Å². The Bertz CT molecular complexity index is 1440. The fourth-order valence-corrected chi connectivity index (χ4v) is 4.12. The van der Waals surface area contributed by atoms with Crippen LogP contribution in [0.25, 0.3) is 11.8 Å². The van der Waals surface area contributed by atoms with Crippen molar-refractivity contribution in [1.29, 1.82) is 0 Å². The van der Waals surface area contributed by atoms with E-state index < -0.39 is 22.8 Å². The summed E-state index contributed by atoms with van der Waals surface area (Å²) in [4.78, 5) is 50.2. The maximum Gasteiger partial charge on any atom is 0.335 e. The highest BCUT2D eigenvalue weighted by Gasteiger charge is 2.37. The molecule has 10 nitrogen and oxygen atoms in total. The topological polar surface area (TPSA) is 124 Å². The summed E-state index contributed by atoms with van der Waals surface area (Å²) < 4.78 is 6.75. The summed E-state index contributed by atoms with van der Waals surface area (Å²) in [6, 6.07) is 11.4. The fraction of sp³-hybridized carbons (Fsp3) is 0.125. The number of nitro benzene ring substituents is 1. The number of nitrogens with zero attached hydrogens (tertiary/aromatic N) is 3. The number of anilines is 1. The third-order valence-electron chi connectivity index (χ3n) is 5.56. The molecule has 0 aliphatic carbocycles. The Balaban J connectivity index is 1.80. The third-order valence-corrected chi connectivity index (χ3v) is 5.79. The Kier molecular flexibility index (Phi) is 6.14. The number of aromatic nitrogens is 1. The average molecular weight is 495 g/mol. The van der Waals surface area contributed by atoms with Gasteiger partial charge in [-0.1, -0.05) is 17.7 Å². The van der Waals surface area contributed by atoms with Gasteiger partial charge in [-0.05, 0) is 61.9 Å². The highest BCUT2D eigenvalue weighted by atomic mass is 35.5. The Hall–Kier alpha value is -4.44. The van der Waals surface area contributed by atoms with Crippen molar-refractivity contribution in [2.24, 2.45) is 0 Å². The van der Waals surface area contributed by atoms with Crippen molar-refractivity contribution >= 4 is 46.9 Å². The smallest absolute Gasteiger partial charge is 0.335 e. The maximum atomic E-state index is 13.2. The van der Waals surface area contributed by atoms with Crippen molar-refractivity contribution in [3.8, 4) is 11.4 Å². The molecule has 1 aliphatic rings. The van der Waals surface area contributed by atoms with Gasteiger partial charge in [0.15, 0.2) is 0 Å². The number of rotatable bonds is 5. The number of imide groups is 2. The molecule has 35 heavy (non-hydrogen) atoms. The number of nitro groups is 1. The highest BCUT2D eigenvalue weighted by Crippen LogP contribution is 2.32. The number of urea groups is 1. The molecule has 4 rings (SSSR count). The molecule has 0 unspecified atom stereocenters. The zero-order valence-electron chi connectivity index (χ0n) is 18.9.